The fourth-order valence-corrected chi connectivity index (χ4v) is 8.01. The van der Waals surface area contributed by atoms with E-state index in [1.54, 1.807) is 37.4 Å². The third kappa shape index (κ3) is 7.89. The number of hydrogen-bond acceptors (Lipinski definition) is 14. The average molecular weight is 803 g/mol. The first-order valence-electron chi connectivity index (χ1n) is 19.8. The van der Waals surface area contributed by atoms with Crippen molar-refractivity contribution in [2.24, 2.45) is 0 Å². The molecule has 0 saturated heterocycles. The fraction of sp³-hybridized carbons (Fsp3) is 0.273. The number of nitrogen functional groups attached to an aromatic ring is 2. The van der Waals surface area contributed by atoms with Crippen LogP contribution in [0, 0.1) is 13.8 Å². The lowest BCUT2D eigenvalue weighted by molar-refractivity contribution is 0.296. The van der Waals surface area contributed by atoms with Crippen molar-refractivity contribution in [2.75, 3.05) is 38.7 Å². The summed E-state index contributed by atoms with van der Waals surface area (Å²) in [4.78, 5) is 45.6. The molecular formula is C44H46N14O2. The zero-order valence-electron chi connectivity index (χ0n) is 34.0. The molecule has 2 aliphatic heterocycles. The first kappa shape index (κ1) is 38.5. The van der Waals surface area contributed by atoms with E-state index in [2.05, 4.69) is 112 Å². The second kappa shape index (κ2) is 16.3. The van der Waals surface area contributed by atoms with Crippen LogP contribution in [-0.2, 0) is 39.1 Å². The number of aryl methyl sites for hydroxylation is 2. The molecule has 6 N–H and O–H groups in total. The molecule has 6 aromatic heterocycles. The maximum atomic E-state index is 6.05. The SMILES string of the molecule is Cc1cc(-c2cnc(N)c(OCc3ccnc4nc[nH]c34)n2)cc2c1CCN(C)C2.Cc1cc(-c2cnc(N)c(OCc3ccnc4nc[nH]c34)n2)cc2c1CCN(C)C2. The number of aromatic amines is 2. The Bertz CT molecular complexity index is 2660. The van der Waals surface area contributed by atoms with Crippen molar-refractivity contribution in [2.45, 2.75) is 53.0 Å². The minimum Gasteiger partial charge on any atom is -0.470 e. The predicted octanol–water partition coefficient (Wildman–Crippen LogP) is 5.74. The number of nitrogens with zero attached hydrogens (tertiary/aromatic N) is 10. The molecular weight excluding hydrogens is 757 g/mol. The Labute approximate surface area is 346 Å². The largest absolute Gasteiger partial charge is 0.470 e. The van der Waals surface area contributed by atoms with Gasteiger partial charge in [-0.3, -0.25) is 0 Å². The first-order valence-corrected chi connectivity index (χ1v) is 19.8. The van der Waals surface area contributed by atoms with Gasteiger partial charge in [0.25, 0.3) is 11.8 Å². The number of imidazole rings is 2. The van der Waals surface area contributed by atoms with Crippen LogP contribution in [-0.4, -0.2) is 86.8 Å². The lowest BCUT2D eigenvalue weighted by atomic mass is 9.92. The molecule has 0 unspecified atom stereocenters. The number of rotatable bonds is 8. The molecule has 0 spiro atoms. The van der Waals surface area contributed by atoms with E-state index in [9.17, 15) is 0 Å². The number of pyridine rings is 2. The van der Waals surface area contributed by atoms with Gasteiger partial charge in [0.1, 0.15) is 13.2 Å². The lowest BCUT2D eigenvalue weighted by Gasteiger charge is -2.27. The smallest absolute Gasteiger partial charge is 0.258 e. The van der Waals surface area contributed by atoms with Crippen LogP contribution in [0.15, 0.2) is 73.8 Å². The Morgan fingerprint density at radius 2 is 1.07 bits per heavy atom. The second-order valence-electron chi connectivity index (χ2n) is 15.4. The molecule has 60 heavy (non-hydrogen) atoms. The van der Waals surface area contributed by atoms with E-state index in [0.717, 1.165) is 83.7 Å². The number of benzene rings is 2. The number of anilines is 2. The molecule has 10 rings (SSSR count). The molecule has 0 atom stereocenters. The van der Waals surface area contributed by atoms with E-state index < -0.39 is 0 Å². The van der Waals surface area contributed by atoms with Gasteiger partial charge in [-0.2, -0.15) is 0 Å². The number of H-pyrrole nitrogens is 2. The third-order valence-electron chi connectivity index (χ3n) is 11.2. The Morgan fingerprint density at radius 3 is 1.52 bits per heavy atom. The maximum Gasteiger partial charge on any atom is 0.258 e. The zero-order valence-corrected chi connectivity index (χ0v) is 34.0. The molecule has 2 aliphatic rings. The Hall–Kier alpha value is -7.04. The van der Waals surface area contributed by atoms with Crippen LogP contribution < -0.4 is 20.9 Å². The molecule has 0 radical (unpaired) electrons. The Morgan fingerprint density at radius 1 is 0.617 bits per heavy atom. The number of hydrogen-bond donors (Lipinski definition) is 4. The highest BCUT2D eigenvalue weighted by Gasteiger charge is 2.20. The van der Waals surface area contributed by atoms with Crippen molar-refractivity contribution >= 4 is 34.0 Å². The van der Waals surface area contributed by atoms with Crippen molar-refractivity contribution in [3.63, 3.8) is 0 Å². The molecule has 0 bridgehead atoms. The minimum atomic E-state index is 0.267. The molecule has 0 fully saturated rings. The molecule has 16 nitrogen and oxygen atoms in total. The topological polar surface area (TPSA) is 212 Å². The van der Waals surface area contributed by atoms with Gasteiger partial charge in [0.2, 0.25) is 0 Å². The maximum absolute atomic E-state index is 6.05. The number of ether oxygens (including phenoxy) is 2. The van der Waals surface area contributed by atoms with Crippen LogP contribution in [0.1, 0.15) is 44.5 Å². The number of nitrogens with two attached hydrogens (primary N) is 2. The van der Waals surface area contributed by atoms with E-state index in [4.69, 9.17) is 20.9 Å². The molecule has 0 aliphatic carbocycles. The molecule has 8 heterocycles. The molecule has 0 amide bonds. The molecule has 2 aromatic carbocycles. The van der Waals surface area contributed by atoms with E-state index in [0.29, 0.717) is 23.1 Å². The van der Waals surface area contributed by atoms with Gasteiger partial charge in [0.15, 0.2) is 22.9 Å². The zero-order chi connectivity index (χ0) is 41.3. The summed E-state index contributed by atoms with van der Waals surface area (Å²) < 4.78 is 11.9. The van der Waals surface area contributed by atoms with Gasteiger partial charge in [-0.05, 0) is 111 Å². The first-order chi connectivity index (χ1) is 29.2. The molecule has 8 aromatic rings. The summed E-state index contributed by atoms with van der Waals surface area (Å²) in [5, 5.41) is 0. The Balaban J connectivity index is 0.000000154. The van der Waals surface area contributed by atoms with Gasteiger partial charge in [-0.15, -0.1) is 0 Å². The number of aromatic nitrogens is 10. The van der Waals surface area contributed by atoms with Crippen LogP contribution >= 0.6 is 0 Å². The number of nitrogens with one attached hydrogen (secondary N) is 2. The van der Waals surface area contributed by atoms with Crippen molar-refractivity contribution in [1.82, 2.24) is 59.6 Å². The van der Waals surface area contributed by atoms with Gasteiger partial charge >= 0.3 is 0 Å². The van der Waals surface area contributed by atoms with Gasteiger partial charge in [-0.1, -0.05) is 0 Å². The van der Waals surface area contributed by atoms with E-state index in [-0.39, 0.29) is 24.8 Å². The summed E-state index contributed by atoms with van der Waals surface area (Å²) in [6.07, 6.45) is 12.2. The summed E-state index contributed by atoms with van der Waals surface area (Å²) in [7, 11) is 4.30. The van der Waals surface area contributed by atoms with E-state index in [1.807, 2.05) is 12.1 Å². The van der Waals surface area contributed by atoms with Gasteiger partial charge in [-0.25, -0.2) is 39.9 Å². The summed E-state index contributed by atoms with van der Waals surface area (Å²) in [5.74, 6) is 1.18. The predicted molar refractivity (Wildman–Crippen MR) is 230 cm³/mol. The third-order valence-corrected chi connectivity index (χ3v) is 11.2. The van der Waals surface area contributed by atoms with Crippen molar-refractivity contribution in [1.29, 1.82) is 0 Å². The summed E-state index contributed by atoms with van der Waals surface area (Å²) in [6.45, 7) is 8.96. The quantitative estimate of drug-likeness (QED) is 0.144. The minimum absolute atomic E-state index is 0.267. The summed E-state index contributed by atoms with van der Waals surface area (Å²) in [5.41, 5.74) is 28.6. The number of fused-ring (bicyclic) bond motifs is 4. The van der Waals surface area contributed by atoms with Crippen molar-refractivity contribution < 1.29 is 9.47 Å². The van der Waals surface area contributed by atoms with Gasteiger partial charge < -0.3 is 40.7 Å². The van der Waals surface area contributed by atoms with Crippen LogP contribution in [0.4, 0.5) is 11.6 Å². The summed E-state index contributed by atoms with van der Waals surface area (Å²) >= 11 is 0. The number of likely N-dealkylation sites (N-methyl/N-ethyl adjacent to an activating group) is 2. The summed E-state index contributed by atoms with van der Waals surface area (Å²) in [6, 6.07) is 12.5. The van der Waals surface area contributed by atoms with Crippen molar-refractivity contribution in [3.05, 3.63) is 118 Å². The van der Waals surface area contributed by atoms with Gasteiger partial charge in [0.05, 0.1) is 47.5 Å². The molecule has 0 saturated carbocycles. The highest BCUT2D eigenvalue weighted by atomic mass is 16.5. The van der Waals surface area contributed by atoms with Gasteiger partial charge in [0, 0.05) is 60.8 Å². The second-order valence-corrected chi connectivity index (χ2v) is 15.4. The van der Waals surface area contributed by atoms with Crippen LogP contribution in [0.2, 0.25) is 0 Å². The standard InChI is InChI=1S/2C22H23N7O/c2*1-13-7-15(8-16-10-29(2)6-4-17(13)16)18-9-25-20(23)22(28-18)30-11-14-3-5-24-21-19(14)26-12-27-21/h2*3,5,7-9,12H,4,6,10-11H2,1-2H3,(H2,23,25)(H,24,26,27). The molecule has 16 heteroatoms. The van der Waals surface area contributed by atoms with E-state index in [1.165, 1.54) is 33.4 Å². The monoisotopic (exact) mass is 802 g/mol. The van der Waals surface area contributed by atoms with E-state index >= 15 is 0 Å². The van der Waals surface area contributed by atoms with Crippen LogP contribution in [0.25, 0.3) is 44.8 Å². The Kier molecular flexibility index (Phi) is 10.5. The highest BCUT2D eigenvalue weighted by Crippen LogP contribution is 2.32. The van der Waals surface area contributed by atoms with Crippen molar-refractivity contribution in [3.8, 4) is 34.3 Å². The molecule has 304 valence electrons. The van der Waals surface area contributed by atoms with Crippen LogP contribution in [0.3, 0.4) is 0 Å². The lowest BCUT2D eigenvalue weighted by Crippen LogP contribution is -2.27. The van der Waals surface area contributed by atoms with Crippen LogP contribution in [0.5, 0.6) is 11.8 Å². The normalized spacial score (nSPS) is 14.1. The fourth-order valence-electron chi connectivity index (χ4n) is 8.01. The highest BCUT2D eigenvalue weighted by molar-refractivity contribution is 5.74. The average Bonchev–Trinajstić information content (AvgIpc) is 3.94.